The Morgan fingerprint density at radius 3 is 2.08 bits per heavy atom. The molecule has 0 bridgehead atoms. The van der Waals surface area contributed by atoms with Gasteiger partial charge in [-0.15, -0.1) is 0 Å². The molecule has 0 amide bonds. The molecule has 0 unspecified atom stereocenters. The van der Waals surface area contributed by atoms with E-state index < -0.39 is 41.8 Å². The summed E-state index contributed by atoms with van der Waals surface area (Å²) in [7, 11) is 0. The zero-order valence-electron chi connectivity index (χ0n) is 20.6. The second-order valence-corrected chi connectivity index (χ2v) is 9.18. The first-order valence-electron chi connectivity index (χ1n) is 12.2. The van der Waals surface area contributed by atoms with Crippen molar-refractivity contribution in [3.63, 3.8) is 0 Å². The molecule has 38 heavy (non-hydrogen) atoms. The van der Waals surface area contributed by atoms with Crippen molar-refractivity contribution in [2.45, 2.75) is 45.2 Å². The molecule has 4 aromatic rings. The molecular formula is C30H25F7O. The molecule has 0 saturated heterocycles. The van der Waals surface area contributed by atoms with E-state index >= 15 is 4.39 Å². The standard InChI is InChI=1S/C30H25F7O/c1-2-3-4-19-14-25(32)28(26(33)15-19)22-10-11-23-21(16-22)9-8-20(29(23)34)7-5-18-6-12-27(24(31)13-18)38-17-30(35,36)37/h6,8-16H,2-5,7,17H2,1H3. The van der Waals surface area contributed by atoms with Crippen LogP contribution in [0.3, 0.4) is 0 Å². The van der Waals surface area contributed by atoms with Gasteiger partial charge in [0.1, 0.15) is 17.5 Å². The molecule has 4 rings (SSSR count). The van der Waals surface area contributed by atoms with Crippen molar-refractivity contribution >= 4 is 10.8 Å². The van der Waals surface area contributed by atoms with Gasteiger partial charge in [0.25, 0.3) is 0 Å². The normalized spacial score (nSPS) is 11.8. The number of alkyl halides is 3. The largest absolute Gasteiger partial charge is 0.481 e. The Morgan fingerprint density at radius 2 is 1.42 bits per heavy atom. The lowest BCUT2D eigenvalue weighted by molar-refractivity contribution is -0.153. The minimum atomic E-state index is -4.58. The topological polar surface area (TPSA) is 9.23 Å². The zero-order chi connectivity index (χ0) is 27.4. The lowest BCUT2D eigenvalue weighted by Crippen LogP contribution is -2.19. The van der Waals surface area contributed by atoms with Crippen LogP contribution < -0.4 is 4.74 Å². The van der Waals surface area contributed by atoms with Crippen LogP contribution in [0.5, 0.6) is 5.75 Å². The maximum Gasteiger partial charge on any atom is 0.422 e. The highest BCUT2D eigenvalue weighted by atomic mass is 19.4. The first-order chi connectivity index (χ1) is 18.1. The van der Waals surface area contributed by atoms with Crippen LogP contribution in [0, 0.1) is 23.3 Å². The van der Waals surface area contributed by atoms with Crippen LogP contribution in [-0.4, -0.2) is 12.8 Å². The van der Waals surface area contributed by atoms with Crippen LogP contribution in [0.4, 0.5) is 30.7 Å². The van der Waals surface area contributed by atoms with Crippen LogP contribution in [-0.2, 0) is 19.3 Å². The maximum atomic E-state index is 15.2. The molecular weight excluding hydrogens is 509 g/mol. The number of hydrogen-bond donors (Lipinski definition) is 0. The third-order valence-electron chi connectivity index (χ3n) is 6.31. The number of aryl methyl sites for hydroxylation is 3. The van der Waals surface area contributed by atoms with E-state index in [0.717, 1.165) is 25.0 Å². The molecule has 8 heteroatoms. The SMILES string of the molecule is CCCCc1cc(F)c(-c2ccc3c(F)c(CCc4ccc(OCC(F)(F)F)c(F)c4)ccc3c2)c(F)c1. The summed E-state index contributed by atoms with van der Waals surface area (Å²) in [5.74, 6) is -3.29. The lowest BCUT2D eigenvalue weighted by Gasteiger charge is -2.12. The highest BCUT2D eigenvalue weighted by Gasteiger charge is 2.29. The van der Waals surface area contributed by atoms with E-state index in [2.05, 4.69) is 4.74 Å². The Hall–Kier alpha value is -3.55. The van der Waals surface area contributed by atoms with Gasteiger partial charge in [-0.25, -0.2) is 17.6 Å². The third-order valence-corrected chi connectivity index (χ3v) is 6.31. The van der Waals surface area contributed by atoms with Gasteiger partial charge in [-0.2, -0.15) is 13.2 Å². The fourth-order valence-corrected chi connectivity index (χ4v) is 4.37. The molecule has 0 heterocycles. The molecule has 0 spiro atoms. The minimum absolute atomic E-state index is 0.165. The Kier molecular flexibility index (Phi) is 8.29. The first-order valence-corrected chi connectivity index (χ1v) is 12.2. The Morgan fingerprint density at radius 1 is 0.711 bits per heavy atom. The van der Waals surface area contributed by atoms with Crippen molar-refractivity contribution in [1.82, 2.24) is 0 Å². The van der Waals surface area contributed by atoms with Crippen LogP contribution in [0.25, 0.3) is 21.9 Å². The van der Waals surface area contributed by atoms with Crippen LogP contribution >= 0.6 is 0 Å². The predicted molar refractivity (Wildman–Crippen MR) is 133 cm³/mol. The monoisotopic (exact) mass is 534 g/mol. The lowest BCUT2D eigenvalue weighted by atomic mass is 9.95. The summed E-state index contributed by atoms with van der Waals surface area (Å²) in [5.41, 5.74) is 1.53. The van der Waals surface area contributed by atoms with E-state index in [-0.39, 0.29) is 23.8 Å². The summed E-state index contributed by atoms with van der Waals surface area (Å²) >= 11 is 0. The second-order valence-electron chi connectivity index (χ2n) is 9.18. The predicted octanol–water partition coefficient (Wildman–Crippen LogP) is 9.13. The molecule has 0 radical (unpaired) electrons. The molecule has 0 saturated carbocycles. The number of fused-ring (bicyclic) bond motifs is 1. The average molecular weight is 535 g/mol. The van der Waals surface area contributed by atoms with Gasteiger partial charge < -0.3 is 4.74 Å². The van der Waals surface area contributed by atoms with Crippen LogP contribution in [0.2, 0.25) is 0 Å². The summed E-state index contributed by atoms with van der Waals surface area (Å²) in [4.78, 5) is 0. The first kappa shape index (κ1) is 27.5. The molecule has 1 nitrogen and oxygen atoms in total. The number of benzene rings is 4. The van der Waals surface area contributed by atoms with Gasteiger partial charge in [0.05, 0.1) is 5.56 Å². The van der Waals surface area contributed by atoms with Crippen molar-refractivity contribution in [2.24, 2.45) is 0 Å². The van der Waals surface area contributed by atoms with Crippen molar-refractivity contribution < 1.29 is 35.5 Å². The van der Waals surface area contributed by atoms with Crippen molar-refractivity contribution in [3.05, 3.63) is 101 Å². The highest BCUT2D eigenvalue weighted by molar-refractivity contribution is 5.88. The fraction of sp³-hybridized carbons (Fsp3) is 0.267. The summed E-state index contributed by atoms with van der Waals surface area (Å²) in [6.45, 7) is 0.398. The Balaban J connectivity index is 1.51. The maximum absolute atomic E-state index is 15.2. The van der Waals surface area contributed by atoms with Gasteiger partial charge in [0, 0.05) is 5.39 Å². The van der Waals surface area contributed by atoms with E-state index in [0.29, 0.717) is 34.1 Å². The van der Waals surface area contributed by atoms with E-state index in [9.17, 15) is 26.3 Å². The van der Waals surface area contributed by atoms with E-state index in [1.807, 2.05) is 6.92 Å². The number of unbranched alkanes of at least 4 members (excludes halogenated alkanes) is 1. The second kappa shape index (κ2) is 11.5. The van der Waals surface area contributed by atoms with Crippen molar-refractivity contribution in [3.8, 4) is 16.9 Å². The highest BCUT2D eigenvalue weighted by Crippen LogP contribution is 2.32. The third kappa shape index (κ3) is 6.47. The van der Waals surface area contributed by atoms with Gasteiger partial charge in [-0.3, -0.25) is 0 Å². The number of rotatable bonds is 9. The number of halogens is 7. The van der Waals surface area contributed by atoms with E-state index in [1.54, 1.807) is 12.1 Å². The molecule has 200 valence electrons. The van der Waals surface area contributed by atoms with Crippen LogP contribution in [0.15, 0.2) is 60.7 Å². The van der Waals surface area contributed by atoms with Gasteiger partial charge in [-0.1, -0.05) is 43.7 Å². The Labute approximate surface area is 215 Å². The average Bonchev–Trinajstić information content (AvgIpc) is 2.85. The molecule has 0 aliphatic carbocycles. The summed E-state index contributed by atoms with van der Waals surface area (Å²) < 4.78 is 100. The zero-order valence-corrected chi connectivity index (χ0v) is 20.6. The van der Waals surface area contributed by atoms with Gasteiger partial charge in [0.15, 0.2) is 18.2 Å². The molecule has 0 aliphatic rings. The molecule has 0 aliphatic heterocycles. The van der Waals surface area contributed by atoms with Gasteiger partial charge in [0.2, 0.25) is 0 Å². The van der Waals surface area contributed by atoms with Gasteiger partial charge in [-0.05, 0) is 83.7 Å². The number of hydrogen-bond acceptors (Lipinski definition) is 1. The number of ether oxygens (including phenoxy) is 1. The molecule has 0 atom stereocenters. The summed E-state index contributed by atoms with van der Waals surface area (Å²) in [5, 5.41) is 0.739. The van der Waals surface area contributed by atoms with Crippen molar-refractivity contribution in [2.75, 3.05) is 6.61 Å². The van der Waals surface area contributed by atoms with Gasteiger partial charge >= 0.3 is 6.18 Å². The summed E-state index contributed by atoms with van der Waals surface area (Å²) in [6, 6.07) is 13.9. The van der Waals surface area contributed by atoms with E-state index in [1.165, 1.54) is 36.4 Å². The molecule has 4 aromatic carbocycles. The summed E-state index contributed by atoms with van der Waals surface area (Å²) in [6.07, 6.45) is -1.83. The molecule has 0 N–H and O–H groups in total. The molecule has 0 aromatic heterocycles. The quantitative estimate of drug-likeness (QED) is 0.195. The van der Waals surface area contributed by atoms with Crippen molar-refractivity contribution in [1.29, 1.82) is 0 Å². The smallest absolute Gasteiger partial charge is 0.422 e. The Bertz CT molecular complexity index is 1420. The fourth-order valence-electron chi connectivity index (χ4n) is 4.37. The molecule has 0 fully saturated rings. The van der Waals surface area contributed by atoms with Crippen LogP contribution in [0.1, 0.15) is 36.5 Å². The van der Waals surface area contributed by atoms with E-state index in [4.69, 9.17) is 0 Å². The minimum Gasteiger partial charge on any atom is -0.481 e.